The maximum atomic E-state index is 12.0. The van der Waals surface area contributed by atoms with Gasteiger partial charge in [-0.1, -0.05) is 30.3 Å². The van der Waals surface area contributed by atoms with Crippen LogP contribution < -0.4 is 15.6 Å². The van der Waals surface area contributed by atoms with E-state index in [2.05, 4.69) is 10.9 Å². The third-order valence-electron chi connectivity index (χ3n) is 3.13. The summed E-state index contributed by atoms with van der Waals surface area (Å²) in [5.41, 5.74) is 6.88. The minimum absolute atomic E-state index is 0.130. The van der Waals surface area contributed by atoms with Gasteiger partial charge >= 0.3 is 0 Å². The van der Waals surface area contributed by atoms with E-state index in [1.807, 2.05) is 6.07 Å². The smallest absolute Gasteiger partial charge is 0.269 e. The first kappa shape index (κ1) is 16.3. The zero-order chi connectivity index (χ0) is 16.7. The van der Waals surface area contributed by atoms with E-state index in [0.717, 1.165) is 0 Å². The van der Waals surface area contributed by atoms with E-state index in [-0.39, 0.29) is 11.7 Å². The quantitative estimate of drug-likeness (QED) is 0.489. The van der Waals surface area contributed by atoms with Gasteiger partial charge in [-0.3, -0.25) is 15.0 Å². The van der Waals surface area contributed by atoms with Crippen LogP contribution in [0.1, 0.15) is 27.6 Å². The molecule has 5 heteroatoms. The molecule has 0 fully saturated rings. The molecule has 2 N–H and O–H groups in total. The van der Waals surface area contributed by atoms with Gasteiger partial charge in [-0.05, 0) is 31.2 Å². The lowest BCUT2D eigenvalue weighted by Crippen LogP contribution is -2.36. The Morgan fingerprint density at radius 1 is 0.913 bits per heavy atom. The molecule has 2 aromatic rings. The number of carbonyl (C=O) groups is 2. The maximum absolute atomic E-state index is 12.0. The van der Waals surface area contributed by atoms with Crippen molar-refractivity contribution in [1.29, 1.82) is 0 Å². The number of methoxy groups -OCH3 is 1. The van der Waals surface area contributed by atoms with Crippen molar-refractivity contribution in [1.82, 2.24) is 10.9 Å². The van der Waals surface area contributed by atoms with Gasteiger partial charge in [-0.15, -0.1) is 0 Å². The van der Waals surface area contributed by atoms with Crippen LogP contribution in [0, 0.1) is 0 Å². The van der Waals surface area contributed by atoms with Gasteiger partial charge in [-0.2, -0.15) is 0 Å². The number of carbonyl (C=O) groups excluding carboxylic acids is 2. The molecule has 1 amide bonds. The number of ether oxygens (including phenoxy) is 1. The Hall–Kier alpha value is -3.08. The van der Waals surface area contributed by atoms with Crippen LogP contribution in [-0.2, 0) is 0 Å². The SMILES string of the molecule is COc1ccc(C(=O)NN/C(C)=C/C(=O)c2ccccc2)cc1. The highest BCUT2D eigenvalue weighted by atomic mass is 16.5. The molecular weight excluding hydrogens is 292 g/mol. The Morgan fingerprint density at radius 2 is 1.57 bits per heavy atom. The van der Waals surface area contributed by atoms with Crippen molar-refractivity contribution in [2.75, 3.05) is 7.11 Å². The number of hydrogen-bond donors (Lipinski definition) is 2. The molecular formula is C18H18N2O3. The standard InChI is InChI=1S/C18H18N2O3/c1-13(12-17(21)14-6-4-3-5-7-14)19-20-18(22)15-8-10-16(23-2)11-9-15/h3-12,19H,1-2H3,(H,20,22)/b13-12+. The monoisotopic (exact) mass is 310 g/mol. The van der Waals surface area contributed by atoms with Crippen LogP contribution in [0.15, 0.2) is 66.4 Å². The van der Waals surface area contributed by atoms with E-state index in [0.29, 0.717) is 22.6 Å². The third-order valence-corrected chi connectivity index (χ3v) is 3.13. The van der Waals surface area contributed by atoms with Gasteiger partial charge < -0.3 is 10.2 Å². The molecule has 0 aromatic heterocycles. The second-order valence-electron chi connectivity index (χ2n) is 4.87. The van der Waals surface area contributed by atoms with Gasteiger partial charge in [0, 0.05) is 22.9 Å². The lowest BCUT2D eigenvalue weighted by Gasteiger charge is -2.09. The zero-order valence-electron chi connectivity index (χ0n) is 13.0. The summed E-state index contributed by atoms with van der Waals surface area (Å²) >= 11 is 0. The van der Waals surface area contributed by atoms with E-state index in [1.54, 1.807) is 62.6 Å². The molecule has 2 aromatic carbocycles. The molecule has 2 rings (SSSR count). The zero-order valence-corrected chi connectivity index (χ0v) is 13.0. The fourth-order valence-electron chi connectivity index (χ4n) is 1.89. The van der Waals surface area contributed by atoms with E-state index in [9.17, 15) is 9.59 Å². The summed E-state index contributed by atoms with van der Waals surface area (Å²) in [6.45, 7) is 1.70. The van der Waals surface area contributed by atoms with Gasteiger partial charge in [-0.25, -0.2) is 0 Å². The minimum Gasteiger partial charge on any atom is -0.497 e. The Bertz CT molecular complexity index is 707. The molecule has 0 atom stereocenters. The van der Waals surface area contributed by atoms with Gasteiger partial charge in [0.25, 0.3) is 5.91 Å². The minimum atomic E-state index is -0.299. The Kier molecular flexibility index (Phi) is 5.52. The van der Waals surface area contributed by atoms with Crippen LogP contribution >= 0.6 is 0 Å². The van der Waals surface area contributed by atoms with Crippen LogP contribution in [0.5, 0.6) is 5.75 Å². The number of benzene rings is 2. The molecule has 0 saturated carbocycles. The van der Waals surface area contributed by atoms with Crippen LogP contribution in [0.3, 0.4) is 0 Å². The van der Waals surface area contributed by atoms with Crippen LogP contribution in [-0.4, -0.2) is 18.8 Å². The van der Waals surface area contributed by atoms with E-state index < -0.39 is 0 Å². The summed E-state index contributed by atoms with van der Waals surface area (Å²) in [7, 11) is 1.56. The molecule has 23 heavy (non-hydrogen) atoms. The van der Waals surface area contributed by atoms with E-state index in [1.165, 1.54) is 6.08 Å². The molecule has 0 unspecified atom stereocenters. The highest BCUT2D eigenvalue weighted by molar-refractivity contribution is 6.04. The molecule has 0 aliphatic heterocycles. The molecule has 0 saturated heterocycles. The third kappa shape index (κ3) is 4.71. The average Bonchev–Trinajstić information content (AvgIpc) is 2.60. The fourth-order valence-corrected chi connectivity index (χ4v) is 1.89. The first-order valence-electron chi connectivity index (χ1n) is 7.08. The van der Waals surface area contributed by atoms with Crippen molar-refractivity contribution < 1.29 is 14.3 Å². The molecule has 5 nitrogen and oxygen atoms in total. The number of amides is 1. The number of nitrogens with one attached hydrogen (secondary N) is 2. The normalized spacial score (nSPS) is 10.8. The van der Waals surface area contributed by atoms with Crippen LogP contribution in [0.4, 0.5) is 0 Å². The van der Waals surface area contributed by atoms with Gasteiger partial charge in [0.1, 0.15) is 5.75 Å². The molecule has 0 spiro atoms. The van der Waals surface area contributed by atoms with Crippen molar-refractivity contribution in [2.24, 2.45) is 0 Å². The van der Waals surface area contributed by atoms with Gasteiger partial charge in [0.2, 0.25) is 0 Å². The lowest BCUT2D eigenvalue weighted by atomic mass is 10.1. The Morgan fingerprint density at radius 3 is 2.17 bits per heavy atom. The van der Waals surface area contributed by atoms with E-state index in [4.69, 9.17) is 4.74 Å². The number of allylic oxidation sites excluding steroid dienone is 2. The molecule has 0 radical (unpaired) electrons. The summed E-state index contributed by atoms with van der Waals surface area (Å²) in [5.74, 6) is 0.251. The van der Waals surface area contributed by atoms with Gasteiger partial charge in [0.15, 0.2) is 5.78 Å². The Balaban J connectivity index is 1.92. The predicted octanol–water partition coefficient (Wildman–Crippen LogP) is 2.72. The molecule has 0 aliphatic rings. The van der Waals surface area contributed by atoms with Crippen molar-refractivity contribution in [3.8, 4) is 5.75 Å². The summed E-state index contributed by atoms with van der Waals surface area (Å²) in [6, 6.07) is 15.6. The Labute approximate surface area is 134 Å². The van der Waals surface area contributed by atoms with E-state index >= 15 is 0 Å². The first-order chi connectivity index (χ1) is 11.1. The summed E-state index contributed by atoms with van der Waals surface area (Å²) in [4.78, 5) is 24.0. The lowest BCUT2D eigenvalue weighted by molar-refractivity contribution is 0.0936. The summed E-state index contributed by atoms with van der Waals surface area (Å²) in [5, 5.41) is 0. The molecule has 0 heterocycles. The van der Waals surface area contributed by atoms with Crippen molar-refractivity contribution >= 4 is 11.7 Å². The first-order valence-corrected chi connectivity index (χ1v) is 7.08. The fraction of sp³-hybridized carbons (Fsp3) is 0.111. The second-order valence-corrected chi connectivity index (χ2v) is 4.87. The summed E-state index contributed by atoms with van der Waals surface area (Å²) < 4.78 is 5.04. The number of hydrazine groups is 1. The largest absolute Gasteiger partial charge is 0.497 e. The predicted molar refractivity (Wildman–Crippen MR) is 88.1 cm³/mol. The second kappa shape index (κ2) is 7.79. The van der Waals surface area contributed by atoms with Gasteiger partial charge in [0.05, 0.1) is 7.11 Å². The number of rotatable bonds is 6. The highest BCUT2D eigenvalue weighted by Crippen LogP contribution is 2.10. The number of ketones is 1. The maximum Gasteiger partial charge on any atom is 0.269 e. The average molecular weight is 310 g/mol. The molecule has 0 bridgehead atoms. The molecule has 0 aliphatic carbocycles. The highest BCUT2D eigenvalue weighted by Gasteiger charge is 2.06. The van der Waals surface area contributed by atoms with Crippen LogP contribution in [0.25, 0.3) is 0 Å². The number of hydrogen-bond acceptors (Lipinski definition) is 4. The van der Waals surface area contributed by atoms with Crippen LogP contribution in [0.2, 0.25) is 0 Å². The summed E-state index contributed by atoms with van der Waals surface area (Å²) in [6.07, 6.45) is 1.43. The van der Waals surface area contributed by atoms with Crippen molar-refractivity contribution in [3.05, 3.63) is 77.5 Å². The molecule has 118 valence electrons. The topological polar surface area (TPSA) is 67.4 Å². The van der Waals surface area contributed by atoms with Crippen molar-refractivity contribution in [2.45, 2.75) is 6.92 Å². The van der Waals surface area contributed by atoms with Crippen molar-refractivity contribution in [3.63, 3.8) is 0 Å².